The minimum Gasteiger partial charge on any atom is -0.389 e. The Morgan fingerprint density at radius 2 is 2.00 bits per heavy atom. The summed E-state index contributed by atoms with van der Waals surface area (Å²) in [4.78, 5) is 0. The van der Waals surface area contributed by atoms with Crippen LogP contribution in [0.1, 0.15) is 45.2 Å². The van der Waals surface area contributed by atoms with Crippen LogP contribution in [0.15, 0.2) is 24.3 Å². The lowest BCUT2D eigenvalue weighted by molar-refractivity contribution is 0.0303. The molecule has 96 valence electrons. The van der Waals surface area contributed by atoms with Crippen LogP contribution in [0, 0.1) is 0 Å². The summed E-state index contributed by atoms with van der Waals surface area (Å²) >= 11 is 5.96. The summed E-state index contributed by atoms with van der Waals surface area (Å²) in [5.74, 6) is 0. The summed E-state index contributed by atoms with van der Waals surface area (Å²) < 4.78 is 0. The molecule has 0 saturated carbocycles. The number of nitrogens with one attached hydrogen (secondary N) is 1. The van der Waals surface area contributed by atoms with Gasteiger partial charge in [-0.25, -0.2) is 0 Å². The highest BCUT2D eigenvalue weighted by Gasteiger charge is 2.22. The van der Waals surface area contributed by atoms with E-state index in [4.69, 9.17) is 11.6 Å². The van der Waals surface area contributed by atoms with Crippen molar-refractivity contribution in [3.05, 3.63) is 34.9 Å². The second kappa shape index (κ2) is 6.39. The minimum absolute atomic E-state index is 0.193. The molecule has 0 aliphatic rings. The van der Waals surface area contributed by atoms with Crippen molar-refractivity contribution < 1.29 is 5.11 Å². The molecule has 0 aliphatic carbocycles. The van der Waals surface area contributed by atoms with Crippen LogP contribution in [-0.2, 0) is 0 Å². The molecule has 0 bridgehead atoms. The maximum absolute atomic E-state index is 10.2. The second-order valence-corrected chi connectivity index (χ2v) is 5.03. The molecule has 17 heavy (non-hydrogen) atoms. The first-order valence-corrected chi connectivity index (χ1v) is 6.60. The van der Waals surface area contributed by atoms with Crippen LogP contribution < -0.4 is 5.32 Å². The molecule has 3 heteroatoms. The van der Waals surface area contributed by atoms with Crippen LogP contribution in [0.5, 0.6) is 0 Å². The first-order valence-electron chi connectivity index (χ1n) is 6.22. The van der Waals surface area contributed by atoms with Crippen molar-refractivity contribution in [2.75, 3.05) is 6.54 Å². The molecule has 0 aromatic heterocycles. The molecule has 0 amide bonds. The van der Waals surface area contributed by atoms with Crippen LogP contribution in [-0.4, -0.2) is 17.3 Å². The van der Waals surface area contributed by atoms with Gasteiger partial charge in [-0.2, -0.15) is 0 Å². The third-order valence-electron chi connectivity index (χ3n) is 3.40. The zero-order valence-electron chi connectivity index (χ0n) is 10.8. The zero-order chi connectivity index (χ0) is 12.9. The van der Waals surface area contributed by atoms with Crippen molar-refractivity contribution in [1.82, 2.24) is 5.32 Å². The molecule has 1 rings (SSSR count). The van der Waals surface area contributed by atoms with Crippen LogP contribution >= 0.6 is 11.6 Å². The average molecular weight is 256 g/mol. The van der Waals surface area contributed by atoms with Gasteiger partial charge in [-0.05, 0) is 37.5 Å². The van der Waals surface area contributed by atoms with Crippen LogP contribution in [0.3, 0.4) is 0 Å². The van der Waals surface area contributed by atoms with Crippen LogP contribution in [0.4, 0.5) is 0 Å². The van der Waals surface area contributed by atoms with E-state index < -0.39 is 5.60 Å². The van der Waals surface area contributed by atoms with Gasteiger partial charge in [-0.15, -0.1) is 0 Å². The highest BCUT2D eigenvalue weighted by atomic mass is 35.5. The zero-order valence-corrected chi connectivity index (χ0v) is 11.6. The van der Waals surface area contributed by atoms with Crippen molar-refractivity contribution in [2.45, 2.75) is 45.3 Å². The average Bonchev–Trinajstić information content (AvgIpc) is 2.35. The van der Waals surface area contributed by atoms with Gasteiger partial charge in [0.2, 0.25) is 0 Å². The van der Waals surface area contributed by atoms with Crippen molar-refractivity contribution >= 4 is 11.6 Å². The molecule has 0 fully saturated rings. The molecular formula is C14H22ClNO. The van der Waals surface area contributed by atoms with Crippen molar-refractivity contribution in [2.24, 2.45) is 0 Å². The lowest BCUT2D eigenvalue weighted by atomic mass is 9.96. The summed E-state index contributed by atoms with van der Waals surface area (Å²) in [5, 5.41) is 14.3. The topological polar surface area (TPSA) is 32.3 Å². The Morgan fingerprint density at radius 3 is 2.53 bits per heavy atom. The summed E-state index contributed by atoms with van der Waals surface area (Å²) in [7, 11) is 0. The molecule has 0 radical (unpaired) electrons. The van der Waals surface area contributed by atoms with Gasteiger partial charge in [-0.3, -0.25) is 0 Å². The number of halogens is 1. The van der Waals surface area contributed by atoms with Gasteiger partial charge >= 0.3 is 0 Å². The van der Waals surface area contributed by atoms with E-state index in [9.17, 15) is 5.11 Å². The van der Waals surface area contributed by atoms with E-state index in [1.54, 1.807) is 0 Å². The van der Waals surface area contributed by atoms with E-state index in [-0.39, 0.29) is 6.04 Å². The standard InChI is InChI=1S/C14H22ClNO/c1-4-14(17,5-2)10-16-11(3)12-7-6-8-13(15)9-12/h6-9,11,16-17H,4-5,10H2,1-3H3/t11-/m1/s1. The number of hydrogen-bond donors (Lipinski definition) is 2. The van der Waals surface area contributed by atoms with E-state index in [0.29, 0.717) is 6.54 Å². The highest BCUT2D eigenvalue weighted by Crippen LogP contribution is 2.19. The molecule has 2 N–H and O–H groups in total. The number of hydrogen-bond acceptors (Lipinski definition) is 2. The van der Waals surface area contributed by atoms with Crippen molar-refractivity contribution in [3.8, 4) is 0 Å². The molecule has 0 heterocycles. The van der Waals surface area contributed by atoms with Gasteiger partial charge in [-0.1, -0.05) is 37.6 Å². The normalized spacial score (nSPS) is 13.7. The molecule has 0 aliphatic heterocycles. The molecule has 2 nitrogen and oxygen atoms in total. The Hall–Kier alpha value is -0.570. The maximum Gasteiger partial charge on any atom is 0.0766 e. The molecule has 1 aromatic rings. The maximum atomic E-state index is 10.2. The highest BCUT2D eigenvalue weighted by molar-refractivity contribution is 6.30. The predicted molar refractivity (Wildman–Crippen MR) is 73.4 cm³/mol. The largest absolute Gasteiger partial charge is 0.389 e. The van der Waals surface area contributed by atoms with Crippen LogP contribution in [0.2, 0.25) is 5.02 Å². The van der Waals surface area contributed by atoms with E-state index in [0.717, 1.165) is 23.4 Å². The van der Waals surface area contributed by atoms with Gasteiger partial charge in [0.25, 0.3) is 0 Å². The fourth-order valence-electron chi connectivity index (χ4n) is 1.74. The fraction of sp³-hybridized carbons (Fsp3) is 0.571. The Kier molecular flexibility index (Phi) is 5.44. The number of benzene rings is 1. The Bertz CT molecular complexity index is 350. The number of aliphatic hydroxyl groups is 1. The monoisotopic (exact) mass is 255 g/mol. The van der Waals surface area contributed by atoms with Gasteiger partial charge in [0.15, 0.2) is 0 Å². The van der Waals surface area contributed by atoms with Gasteiger partial charge in [0.05, 0.1) is 5.60 Å². The molecular weight excluding hydrogens is 234 g/mol. The summed E-state index contributed by atoms with van der Waals surface area (Å²) in [6, 6.07) is 8.00. The molecule has 1 atom stereocenters. The van der Waals surface area contributed by atoms with Crippen molar-refractivity contribution in [3.63, 3.8) is 0 Å². The summed E-state index contributed by atoms with van der Waals surface area (Å²) in [6.07, 6.45) is 1.53. The van der Waals surface area contributed by atoms with Gasteiger partial charge in [0.1, 0.15) is 0 Å². The Morgan fingerprint density at radius 1 is 1.35 bits per heavy atom. The van der Waals surface area contributed by atoms with Crippen molar-refractivity contribution in [1.29, 1.82) is 0 Å². The van der Waals surface area contributed by atoms with E-state index >= 15 is 0 Å². The third kappa shape index (κ3) is 4.30. The first kappa shape index (κ1) is 14.5. The van der Waals surface area contributed by atoms with Gasteiger partial charge < -0.3 is 10.4 Å². The predicted octanol–water partition coefficient (Wildman–Crippen LogP) is 3.54. The lowest BCUT2D eigenvalue weighted by Crippen LogP contribution is -2.40. The molecule has 1 aromatic carbocycles. The van der Waals surface area contributed by atoms with E-state index in [2.05, 4.69) is 12.2 Å². The first-order chi connectivity index (χ1) is 8.00. The molecule has 0 unspecified atom stereocenters. The fourth-order valence-corrected chi connectivity index (χ4v) is 1.94. The minimum atomic E-state index is -0.604. The quantitative estimate of drug-likeness (QED) is 0.815. The van der Waals surface area contributed by atoms with E-state index in [1.165, 1.54) is 0 Å². The SMILES string of the molecule is CCC(O)(CC)CN[C@H](C)c1cccc(Cl)c1. The molecule has 0 spiro atoms. The van der Waals surface area contributed by atoms with Gasteiger partial charge in [0, 0.05) is 17.6 Å². The second-order valence-electron chi connectivity index (χ2n) is 4.59. The van der Waals surface area contributed by atoms with Crippen LogP contribution in [0.25, 0.3) is 0 Å². The smallest absolute Gasteiger partial charge is 0.0766 e. The Balaban J connectivity index is 2.58. The third-order valence-corrected chi connectivity index (χ3v) is 3.64. The van der Waals surface area contributed by atoms with E-state index in [1.807, 2.05) is 38.1 Å². The number of rotatable bonds is 6. The lowest BCUT2D eigenvalue weighted by Gasteiger charge is -2.27. The summed E-state index contributed by atoms with van der Waals surface area (Å²) in [6.45, 7) is 6.70. The Labute approximate surface area is 109 Å². The summed E-state index contributed by atoms with van der Waals surface area (Å²) in [5.41, 5.74) is 0.541. The molecule has 0 saturated heterocycles.